The average Bonchev–Trinajstić information content (AvgIpc) is 3.01. The Morgan fingerprint density at radius 1 is 1.29 bits per heavy atom. The van der Waals surface area contributed by atoms with Crippen molar-refractivity contribution in [1.29, 1.82) is 0 Å². The second kappa shape index (κ2) is 6.97. The zero-order valence-corrected chi connectivity index (χ0v) is 13.6. The second-order valence-corrected chi connectivity index (χ2v) is 7.29. The van der Waals surface area contributed by atoms with E-state index in [-0.39, 0.29) is 0 Å². The smallest absolute Gasteiger partial charge is 0.0947 e. The van der Waals surface area contributed by atoms with Crippen LogP contribution in [0.15, 0.2) is 23.0 Å². The van der Waals surface area contributed by atoms with Crippen molar-refractivity contribution in [3.63, 3.8) is 0 Å². The Kier molecular flexibility index (Phi) is 5.02. The molecule has 2 aliphatic rings. The van der Waals surface area contributed by atoms with Crippen molar-refractivity contribution in [1.82, 2.24) is 10.2 Å². The van der Waals surface area contributed by atoms with Crippen LogP contribution in [0.2, 0.25) is 0 Å². The number of nitrogens with one attached hydrogen (secondary N) is 1. The fourth-order valence-corrected chi connectivity index (χ4v) is 4.16. The van der Waals surface area contributed by atoms with E-state index in [1.165, 1.54) is 44.2 Å². The summed E-state index contributed by atoms with van der Waals surface area (Å²) in [7, 11) is 0. The SMILES string of the molecule is CC(C)C1CNC(C2CCCCC2)CN1Cc1ccoc1. The van der Waals surface area contributed by atoms with Gasteiger partial charge in [0.1, 0.15) is 0 Å². The van der Waals surface area contributed by atoms with E-state index in [1.807, 2.05) is 6.26 Å². The van der Waals surface area contributed by atoms with Gasteiger partial charge in [0.2, 0.25) is 0 Å². The summed E-state index contributed by atoms with van der Waals surface area (Å²) < 4.78 is 5.25. The van der Waals surface area contributed by atoms with Crippen molar-refractivity contribution in [2.75, 3.05) is 13.1 Å². The quantitative estimate of drug-likeness (QED) is 0.917. The minimum Gasteiger partial charge on any atom is -0.472 e. The molecule has 3 nitrogen and oxygen atoms in total. The molecule has 118 valence electrons. The van der Waals surface area contributed by atoms with Crippen molar-refractivity contribution < 1.29 is 4.42 Å². The normalized spacial score (nSPS) is 29.1. The van der Waals surface area contributed by atoms with E-state index in [4.69, 9.17) is 4.42 Å². The number of hydrogen-bond donors (Lipinski definition) is 1. The molecule has 1 aromatic rings. The van der Waals surface area contributed by atoms with Crippen molar-refractivity contribution in [2.24, 2.45) is 11.8 Å². The van der Waals surface area contributed by atoms with Gasteiger partial charge < -0.3 is 9.73 Å². The summed E-state index contributed by atoms with van der Waals surface area (Å²) >= 11 is 0. The highest BCUT2D eigenvalue weighted by atomic mass is 16.3. The average molecular weight is 290 g/mol. The van der Waals surface area contributed by atoms with Crippen LogP contribution in [0.1, 0.15) is 51.5 Å². The molecule has 0 radical (unpaired) electrons. The first-order valence-electron chi connectivity index (χ1n) is 8.72. The highest BCUT2D eigenvalue weighted by Gasteiger charge is 2.34. The first kappa shape index (κ1) is 15.1. The number of hydrogen-bond acceptors (Lipinski definition) is 3. The first-order valence-corrected chi connectivity index (χ1v) is 8.72. The van der Waals surface area contributed by atoms with E-state index in [2.05, 4.69) is 30.1 Å². The van der Waals surface area contributed by atoms with Gasteiger partial charge in [-0.15, -0.1) is 0 Å². The summed E-state index contributed by atoms with van der Waals surface area (Å²) in [4.78, 5) is 2.69. The summed E-state index contributed by atoms with van der Waals surface area (Å²) in [5.41, 5.74) is 1.31. The van der Waals surface area contributed by atoms with E-state index in [0.717, 1.165) is 19.0 Å². The lowest BCUT2D eigenvalue weighted by molar-refractivity contribution is 0.0658. The van der Waals surface area contributed by atoms with Gasteiger partial charge in [-0.2, -0.15) is 0 Å². The molecule has 1 aromatic heterocycles. The van der Waals surface area contributed by atoms with Gasteiger partial charge >= 0.3 is 0 Å². The van der Waals surface area contributed by atoms with Gasteiger partial charge in [0.25, 0.3) is 0 Å². The van der Waals surface area contributed by atoms with Crippen LogP contribution in [0.4, 0.5) is 0 Å². The molecule has 2 fully saturated rings. The molecule has 1 saturated carbocycles. The Hall–Kier alpha value is -0.800. The maximum Gasteiger partial charge on any atom is 0.0947 e. The molecule has 1 aliphatic heterocycles. The minimum absolute atomic E-state index is 0.639. The number of furan rings is 1. The summed E-state index contributed by atoms with van der Waals surface area (Å²) in [6.45, 7) is 8.05. The molecular weight excluding hydrogens is 260 g/mol. The molecule has 3 heteroatoms. The van der Waals surface area contributed by atoms with E-state index >= 15 is 0 Å². The Balaban J connectivity index is 1.65. The van der Waals surface area contributed by atoms with E-state index in [0.29, 0.717) is 18.0 Å². The Morgan fingerprint density at radius 2 is 2.10 bits per heavy atom. The van der Waals surface area contributed by atoms with Crippen LogP contribution in [0.5, 0.6) is 0 Å². The van der Waals surface area contributed by atoms with Gasteiger partial charge in [0.05, 0.1) is 12.5 Å². The van der Waals surface area contributed by atoms with Crippen LogP contribution in [0.3, 0.4) is 0 Å². The Morgan fingerprint density at radius 3 is 2.76 bits per heavy atom. The summed E-state index contributed by atoms with van der Waals surface area (Å²) in [5.74, 6) is 1.58. The molecule has 2 unspecified atom stereocenters. The van der Waals surface area contributed by atoms with E-state index in [1.54, 1.807) is 6.26 Å². The molecule has 2 atom stereocenters. The van der Waals surface area contributed by atoms with Crippen molar-refractivity contribution in [2.45, 2.75) is 64.6 Å². The second-order valence-electron chi connectivity index (χ2n) is 7.29. The maximum absolute atomic E-state index is 5.25. The molecule has 0 bridgehead atoms. The molecule has 1 saturated heterocycles. The molecule has 0 spiro atoms. The third-order valence-corrected chi connectivity index (χ3v) is 5.44. The summed E-state index contributed by atoms with van der Waals surface area (Å²) in [6, 6.07) is 3.43. The topological polar surface area (TPSA) is 28.4 Å². The number of rotatable bonds is 4. The third kappa shape index (κ3) is 3.70. The minimum atomic E-state index is 0.639. The van der Waals surface area contributed by atoms with Gasteiger partial charge in [-0.3, -0.25) is 4.90 Å². The Labute approximate surface area is 129 Å². The molecule has 21 heavy (non-hydrogen) atoms. The van der Waals surface area contributed by atoms with Gasteiger partial charge in [-0.1, -0.05) is 33.1 Å². The highest BCUT2D eigenvalue weighted by Crippen LogP contribution is 2.29. The highest BCUT2D eigenvalue weighted by molar-refractivity contribution is 5.06. The Bertz CT molecular complexity index is 409. The molecule has 0 aromatic carbocycles. The molecule has 1 N–H and O–H groups in total. The molecule has 2 heterocycles. The number of piperazine rings is 1. The molecule has 1 aliphatic carbocycles. The lowest BCUT2D eigenvalue weighted by atomic mass is 9.82. The predicted molar refractivity (Wildman–Crippen MR) is 86.1 cm³/mol. The third-order valence-electron chi connectivity index (χ3n) is 5.44. The van der Waals surface area contributed by atoms with Gasteiger partial charge in [0, 0.05) is 37.3 Å². The molecular formula is C18H30N2O. The fourth-order valence-electron chi connectivity index (χ4n) is 4.16. The lowest BCUT2D eigenvalue weighted by Crippen LogP contribution is -2.59. The van der Waals surface area contributed by atoms with Crippen LogP contribution in [0.25, 0.3) is 0 Å². The van der Waals surface area contributed by atoms with Crippen LogP contribution in [0, 0.1) is 11.8 Å². The van der Waals surface area contributed by atoms with Crippen LogP contribution >= 0.6 is 0 Å². The van der Waals surface area contributed by atoms with Crippen LogP contribution in [-0.4, -0.2) is 30.1 Å². The lowest BCUT2D eigenvalue weighted by Gasteiger charge is -2.45. The monoisotopic (exact) mass is 290 g/mol. The van der Waals surface area contributed by atoms with E-state index in [9.17, 15) is 0 Å². The summed E-state index contributed by atoms with van der Waals surface area (Å²) in [5, 5.41) is 3.86. The largest absolute Gasteiger partial charge is 0.472 e. The van der Waals surface area contributed by atoms with Crippen LogP contribution in [-0.2, 0) is 6.54 Å². The maximum atomic E-state index is 5.25. The predicted octanol–water partition coefficient (Wildman–Crippen LogP) is 3.66. The van der Waals surface area contributed by atoms with Crippen molar-refractivity contribution in [3.05, 3.63) is 24.2 Å². The van der Waals surface area contributed by atoms with E-state index < -0.39 is 0 Å². The van der Waals surface area contributed by atoms with Crippen molar-refractivity contribution in [3.8, 4) is 0 Å². The van der Waals surface area contributed by atoms with Crippen LogP contribution < -0.4 is 5.32 Å². The zero-order chi connectivity index (χ0) is 14.7. The summed E-state index contributed by atoms with van der Waals surface area (Å²) in [6.07, 6.45) is 10.8. The standard InChI is InChI=1S/C18H30N2O/c1-14(2)18-10-19-17(16-6-4-3-5-7-16)12-20(18)11-15-8-9-21-13-15/h8-9,13-14,16-19H,3-7,10-12H2,1-2H3. The fraction of sp³-hybridized carbons (Fsp3) is 0.778. The first-order chi connectivity index (χ1) is 10.2. The van der Waals surface area contributed by atoms with Gasteiger partial charge in [-0.25, -0.2) is 0 Å². The number of nitrogens with zero attached hydrogens (tertiary/aromatic N) is 1. The van der Waals surface area contributed by atoms with Crippen molar-refractivity contribution >= 4 is 0 Å². The van der Waals surface area contributed by atoms with Gasteiger partial charge in [-0.05, 0) is 30.7 Å². The van der Waals surface area contributed by atoms with Gasteiger partial charge in [0.15, 0.2) is 0 Å². The molecule has 3 rings (SSSR count). The molecule has 0 amide bonds. The zero-order valence-electron chi connectivity index (χ0n) is 13.6.